The molecule has 0 bridgehead atoms. The molecule has 0 aliphatic carbocycles. The van der Waals surface area contributed by atoms with E-state index >= 15 is 0 Å². The zero-order valence-corrected chi connectivity index (χ0v) is 11.5. The minimum atomic E-state index is -3.92. The monoisotopic (exact) mass is 286 g/mol. The van der Waals surface area contributed by atoms with Crippen molar-refractivity contribution in [2.24, 2.45) is 5.14 Å². The molecule has 0 aliphatic heterocycles. The average molecular weight is 286 g/mol. The van der Waals surface area contributed by atoms with Crippen LogP contribution in [0.3, 0.4) is 0 Å². The van der Waals surface area contributed by atoms with Gasteiger partial charge in [-0.25, -0.2) is 18.4 Å². The van der Waals surface area contributed by atoms with Gasteiger partial charge in [-0.3, -0.25) is 0 Å². The second-order valence-electron chi connectivity index (χ2n) is 4.23. The Balaban J connectivity index is 2.97. The van der Waals surface area contributed by atoms with Crippen molar-refractivity contribution in [1.29, 1.82) is 0 Å². The molecule has 0 heterocycles. The van der Waals surface area contributed by atoms with Crippen LogP contribution in [0.4, 0.5) is 5.69 Å². The quantitative estimate of drug-likeness (QED) is 0.660. The first-order chi connectivity index (χ1) is 8.84. The summed E-state index contributed by atoms with van der Waals surface area (Å²) in [6.45, 7) is 2.73. The number of unbranched alkanes of at least 4 members (excludes halogenated alkanes) is 2. The molecular formula is C12H18N2O4S. The van der Waals surface area contributed by atoms with Gasteiger partial charge in [-0.15, -0.1) is 0 Å². The predicted octanol–water partition coefficient (Wildman–Crippen LogP) is 1.63. The third kappa shape index (κ3) is 4.88. The molecule has 0 amide bonds. The van der Waals surface area contributed by atoms with Crippen LogP contribution < -0.4 is 10.5 Å². The molecular weight excluding hydrogens is 268 g/mol. The van der Waals surface area contributed by atoms with Gasteiger partial charge in [-0.05, 0) is 24.6 Å². The van der Waals surface area contributed by atoms with E-state index in [-0.39, 0.29) is 10.5 Å². The highest BCUT2D eigenvalue weighted by atomic mass is 32.2. The lowest BCUT2D eigenvalue weighted by molar-refractivity contribution is 0.0696. The van der Waals surface area contributed by atoms with E-state index in [9.17, 15) is 13.2 Å². The number of benzene rings is 1. The van der Waals surface area contributed by atoms with E-state index < -0.39 is 16.0 Å². The van der Waals surface area contributed by atoms with Crippen molar-refractivity contribution in [3.63, 3.8) is 0 Å². The van der Waals surface area contributed by atoms with E-state index in [0.29, 0.717) is 12.2 Å². The summed E-state index contributed by atoms with van der Waals surface area (Å²) < 4.78 is 22.6. The van der Waals surface area contributed by atoms with Gasteiger partial charge >= 0.3 is 5.97 Å². The third-order valence-electron chi connectivity index (χ3n) is 2.59. The Morgan fingerprint density at radius 2 is 2.00 bits per heavy atom. The molecule has 1 aromatic carbocycles. The Morgan fingerprint density at radius 3 is 2.53 bits per heavy atom. The summed E-state index contributed by atoms with van der Waals surface area (Å²) in [7, 11) is -3.92. The highest BCUT2D eigenvalue weighted by Gasteiger charge is 2.13. The summed E-state index contributed by atoms with van der Waals surface area (Å²) >= 11 is 0. The number of nitrogens with one attached hydrogen (secondary N) is 1. The lowest BCUT2D eigenvalue weighted by atomic mass is 10.2. The fourth-order valence-electron chi connectivity index (χ4n) is 1.60. The first-order valence-corrected chi connectivity index (χ1v) is 7.54. The van der Waals surface area contributed by atoms with Gasteiger partial charge in [-0.1, -0.05) is 19.8 Å². The number of primary sulfonamides is 1. The van der Waals surface area contributed by atoms with Gasteiger partial charge in [0.05, 0.1) is 10.5 Å². The third-order valence-corrected chi connectivity index (χ3v) is 3.48. The van der Waals surface area contributed by atoms with Crippen LogP contribution in [0, 0.1) is 0 Å². The molecule has 0 saturated heterocycles. The Kier molecular flexibility index (Phi) is 5.31. The van der Waals surface area contributed by atoms with Crippen LogP contribution in [0.1, 0.15) is 36.5 Å². The van der Waals surface area contributed by atoms with E-state index in [2.05, 4.69) is 12.2 Å². The maximum Gasteiger partial charge on any atom is 0.335 e. The Morgan fingerprint density at radius 1 is 1.32 bits per heavy atom. The van der Waals surface area contributed by atoms with Crippen molar-refractivity contribution >= 4 is 21.7 Å². The van der Waals surface area contributed by atoms with Crippen molar-refractivity contribution in [2.75, 3.05) is 11.9 Å². The molecule has 0 saturated carbocycles. The number of aromatic carboxylic acids is 1. The van der Waals surface area contributed by atoms with Crippen molar-refractivity contribution in [3.05, 3.63) is 23.8 Å². The number of sulfonamides is 1. The number of nitrogens with two attached hydrogens (primary N) is 1. The zero-order valence-electron chi connectivity index (χ0n) is 10.7. The van der Waals surface area contributed by atoms with Gasteiger partial charge in [0.1, 0.15) is 0 Å². The molecule has 0 aliphatic rings. The number of rotatable bonds is 7. The van der Waals surface area contributed by atoms with E-state index in [1.165, 1.54) is 12.1 Å². The topological polar surface area (TPSA) is 109 Å². The molecule has 0 fully saturated rings. The number of anilines is 1. The Bertz CT molecular complexity index is 555. The number of hydrogen-bond acceptors (Lipinski definition) is 4. The summed E-state index contributed by atoms with van der Waals surface area (Å²) in [5.41, 5.74) is 0.338. The molecule has 0 spiro atoms. The maximum absolute atomic E-state index is 11.3. The lowest BCUT2D eigenvalue weighted by Gasteiger charge is -2.09. The van der Waals surface area contributed by atoms with Crippen LogP contribution in [0.25, 0.3) is 0 Å². The van der Waals surface area contributed by atoms with Crippen molar-refractivity contribution in [2.45, 2.75) is 31.1 Å². The number of carboxylic acid groups (broad SMARTS) is 1. The molecule has 0 atom stereocenters. The van der Waals surface area contributed by atoms with Gasteiger partial charge in [0.2, 0.25) is 10.0 Å². The number of carbonyl (C=O) groups is 1. The largest absolute Gasteiger partial charge is 0.478 e. The smallest absolute Gasteiger partial charge is 0.335 e. The molecule has 0 radical (unpaired) electrons. The predicted molar refractivity (Wildman–Crippen MR) is 72.8 cm³/mol. The van der Waals surface area contributed by atoms with Crippen LogP contribution in [-0.4, -0.2) is 26.0 Å². The van der Waals surface area contributed by atoms with Crippen LogP contribution >= 0.6 is 0 Å². The summed E-state index contributed by atoms with van der Waals surface area (Å²) in [4.78, 5) is 10.7. The molecule has 6 nitrogen and oxygen atoms in total. The van der Waals surface area contributed by atoms with E-state index in [0.717, 1.165) is 25.3 Å². The van der Waals surface area contributed by atoms with E-state index in [1.54, 1.807) is 0 Å². The highest BCUT2D eigenvalue weighted by Crippen LogP contribution is 2.18. The summed E-state index contributed by atoms with van der Waals surface area (Å²) in [5.74, 6) is -1.19. The van der Waals surface area contributed by atoms with Gasteiger partial charge in [0, 0.05) is 12.2 Å². The second-order valence-corrected chi connectivity index (χ2v) is 5.79. The summed E-state index contributed by atoms with van der Waals surface area (Å²) in [5, 5.41) is 17.0. The van der Waals surface area contributed by atoms with Crippen molar-refractivity contribution < 1.29 is 18.3 Å². The van der Waals surface area contributed by atoms with Crippen molar-refractivity contribution in [3.8, 4) is 0 Å². The van der Waals surface area contributed by atoms with Gasteiger partial charge < -0.3 is 10.4 Å². The fourth-order valence-corrected chi connectivity index (χ4v) is 2.18. The maximum atomic E-state index is 11.3. The number of hydrogen-bond donors (Lipinski definition) is 3. The minimum absolute atomic E-state index is 0.107. The summed E-state index contributed by atoms with van der Waals surface area (Å²) in [6.07, 6.45) is 3.05. The van der Waals surface area contributed by atoms with E-state index in [4.69, 9.17) is 10.2 Å². The minimum Gasteiger partial charge on any atom is -0.478 e. The molecule has 0 unspecified atom stereocenters. The fraction of sp³-hybridized carbons (Fsp3) is 0.417. The first-order valence-electron chi connectivity index (χ1n) is 5.99. The number of carboxylic acids is 1. The normalized spacial score (nSPS) is 11.3. The molecule has 0 aromatic heterocycles. The van der Waals surface area contributed by atoms with E-state index in [1.807, 2.05) is 0 Å². The Labute approximate surface area is 112 Å². The highest BCUT2D eigenvalue weighted by molar-refractivity contribution is 7.89. The lowest BCUT2D eigenvalue weighted by Crippen LogP contribution is -2.14. The molecule has 4 N–H and O–H groups in total. The van der Waals surface area contributed by atoms with Gasteiger partial charge in [0.25, 0.3) is 0 Å². The average Bonchev–Trinajstić information content (AvgIpc) is 2.33. The van der Waals surface area contributed by atoms with Crippen LogP contribution in [0.5, 0.6) is 0 Å². The molecule has 106 valence electrons. The van der Waals surface area contributed by atoms with Crippen LogP contribution in [-0.2, 0) is 10.0 Å². The SMILES string of the molecule is CCCCCNc1cc(C(=O)O)cc(S(N)(=O)=O)c1. The molecule has 7 heteroatoms. The molecule has 1 aromatic rings. The van der Waals surface area contributed by atoms with Crippen LogP contribution in [0.2, 0.25) is 0 Å². The van der Waals surface area contributed by atoms with Crippen molar-refractivity contribution in [1.82, 2.24) is 0 Å². The molecule has 19 heavy (non-hydrogen) atoms. The van der Waals surface area contributed by atoms with Gasteiger partial charge in [0.15, 0.2) is 0 Å². The van der Waals surface area contributed by atoms with Crippen LogP contribution in [0.15, 0.2) is 23.1 Å². The molecule has 1 rings (SSSR count). The Hall–Kier alpha value is -1.60. The van der Waals surface area contributed by atoms with Gasteiger partial charge in [-0.2, -0.15) is 0 Å². The summed E-state index contributed by atoms with van der Waals surface area (Å²) in [6, 6.07) is 3.78. The zero-order chi connectivity index (χ0) is 14.5. The second kappa shape index (κ2) is 6.53. The first kappa shape index (κ1) is 15.5. The standard InChI is InChI=1S/C12H18N2O4S/c1-2-3-4-5-14-10-6-9(12(15)16)7-11(8-10)19(13,17)18/h6-8,14H,2-5H2,1H3,(H,15,16)(H2,13,17,18).